The number of ether oxygens (including phenoxy) is 2. The molecule has 8 heteroatoms. The number of ketones is 1. The van der Waals surface area contributed by atoms with E-state index >= 15 is 0 Å². The maximum absolute atomic E-state index is 13.6. The number of para-hydroxylation sites is 1. The molecule has 0 radical (unpaired) electrons. The Kier molecular flexibility index (Phi) is 7.93. The van der Waals surface area contributed by atoms with Crippen molar-refractivity contribution in [3.8, 4) is 22.8 Å². The zero-order valence-corrected chi connectivity index (χ0v) is 25.4. The maximum Gasteiger partial charge on any atom is 0.335 e. The van der Waals surface area contributed by atoms with Gasteiger partial charge in [0.25, 0.3) is 5.91 Å². The third kappa shape index (κ3) is 5.45. The van der Waals surface area contributed by atoms with Gasteiger partial charge in [0.15, 0.2) is 17.3 Å². The number of amides is 1. The Bertz CT molecular complexity index is 1740. The number of nitrogens with one attached hydrogen (secondary N) is 1. The number of aromatic carboxylic acids is 1. The van der Waals surface area contributed by atoms with Crippen LogP contribution in [0.4, 0.5) is 0 Å². The highest BCUT2D eigenvalue weighted by atomic mass is 16.5. The van der Waals surface area contributed by atoms with Gasteiger partial charge in [0, 0.05) is 28.5 Å². The van der Waals surface area contributed by atoms with Crippen molar-refractivity contribution in [1.82, 2.24) is 9.88 Å². The fraction of sp³-hybridized carbons (Fsp3) is 0.361. The molecule has 8 nitrogen and oxygen atoms in total. The molecule has 1 amide bonds. The second kappa shape index (κ2) is 11.8. The normalized spacial score (nSPS) is 15.1. The SMILES string of the molecule is COc1cccc2c1OCCn1c-2c(C2CCCCC2)c2ccc(C(=O)NC(C)(C)C(=O)Cc3ccc(C(=O)O)cc3)cc21. The summed E-state index contributed by atoms with van der Waals surface area (Å²) in [5, 5.41) is 13.2. The minimum absolute atomic E-state index is 0.0754. The molecule has 4 aromatic rings. The summed E-state index contributed by atoms with van der Waals surface area (Å²) in [6, 6.07) is 18.1. The van der Waals surface area contributed by atoms with Gasteiger partial charge in [0.05, 0.1) is 30.5 Å². The predicted octanol–water partition coefficient (Wildman–Crippen LogP) is 6.78. The van der Waals surface area contributed by atoms with Crippen molar-refractivity contribution in [2.45, 2.75) is 70.4 Å². The molecule has 6 rings (SSSR count). The molecule has 0 saturated heterocycles. The number of methoxy groups -OCH3 is 1. The van der Waals surface area contributed by atoms with Crippen molar-refractivity contribution in [3.05, 3.63) is 82.9 Å². The molecule has 44 heavy (non-hydrogen) atoms. The van der Waals surface area contributed by atoms with Crippen LogP contribution in [0.3, 0.4) is 0 Å². The molecule has 0 unspecified atom stereocenters. The molecule has 2 N–H and O–H groups in total. The first-order valence-corrected chi connectivity index (χ1v) is 15.3. The van der Waals surface area contributed by atoms with E-state index in [-0.39, 0.29) is 23.7 Å². The molecule has 1 aliphatic heterocycles. The van der Waals surface area contributed by atoms with Crippen molar-refractivity contribution in [2.75, 3.05) is 13.7 Å². The maximum atomic E-state index is 13.6. The third-order valence-corrected chi connectivity index (χ3v) is 9.08. The molecule has 3 aromatic carbocycles. The standard InChI is InChI=1S/C36H38N2O6/c1-36(2,30(39)20-22-12-14-24(15-13-22)35(41)42)37-34(40)25-16-17-26-28(21-25)38-18-19-44-33-27(10-7-11-29(33)43-3)32(38)31(26)23-8-5-4-6-9-23/h7,10-17,21,23H,4-6,8-9,18-20H2,1-3H3,(H,37,40)(H,41,42). The summed E-state index contributed by atoms with van der Waals surface area (Å²) in [6.07, 6.45) is 5.99. The second-order valence-corrected chi connectivity index (χ2v) is 12.3. The minimum Gasteiger partial charge on any atom is -0.493 e. The average molecular weight is 595 g/mol. The molecule has 0 atom stereocenters. The number of rotatable bonds is 8. The number of aromatic nitrogens is 1. The second-order valence-electron chi connectivity index (χ2n) is 12.3. The van der Waals surface area contributed by atoms with Gasteiger partial charge in [-0.05, 0) is 80.1 Å². The number of carboxylic acids is 1. The topological polar surface area (TPSA) is 107 Å². The number of hydrogen-bond acceptors (Lipinski definition) is 5. The fourth-order valence-electron chi connectivity index (χ4n) is 6.69. The molecule has 1 fully saturated rings. The van der Waals surface area contributed by atoms with E-state index in [0.717, 1.165) is 40.8 Å². The van der Waals surface area contributed by atoms with E-state index < -0.39 is 11.5 Å². The molecule has 1 saturated carbocycles. The van der Waals surface area contributed by atoms with Gasteiger partial charge < -0.3 is 24.5 Å². The third-order valence-electron chi connectivity index (χ3n) is 9.08. The highest BCUT2D eigenvalue weighted by Crippen LogP contribution is 2.49. The van der Waals surface area contributed by atoms with Crippen LogP contribution in [0.2, 0.25) is 0 Å². The number of benzene rings is 3. The molecule has 2 aliphatic rings. The Labute approximate surface area is 257 Å². The number of nitrogens with zero attached hydrogens (tertiary/aromatic N) is 1. The Morgan fingerprint density at radius 1 is 1.00 bits per heavy atom. The lowest BCUT2D eigenvalue weighted by atomic mass is 9.81. The van der Waals surface area contributed by atoms with Gasteiger partial charge in [-0.2, -0.15) is 0 Å². The lowest BCUT2D eigenvalue weighted by Crippen LogP contribution is -2.50. The molecule has 2 heterocycles. The van der Waals surface area contributed by atoms with Gasteiger partial charge in [-0.15, -0.1) is 0 Å². The zero-order chi connectivity index (χ0) is 31.0. The van der Waals surface area contributed by atoms with Gasteiger partial charge in [0.1, 0.15) is 6.61 Å². The van der Waals surface area contributed by atoms with Crippen LogP contribution in [-0.2, 0) is 17.8 Å². The van der Waals surface area contributed by atoms with Crippen LogP contribution in [-0.4, -0.2) is 46.6 Å². The molecule has 0 spiro atoms. The van der Waals surface area contributed by atoms with E-state index in [1.54, 1.807) is 33.1 Å². The predicted molar refractivity (Wildman–Crippen MR) is 169 cm³/mol. The molecular weight excluding hydrogens is 556 g/mol. The summed E-state index contributed by atoms with van der Waals surface area (Å²) < 4.78 is 14.2. The molecular formula is C36H38N2O6. The summed E-state index contributed by atoms with van der Waals surface area (Å²) in [5.74, 6) is 0.363. The lowest BCUT2D eigenvalue weighted by molar-refractivity contribution is -0.123. The Morgan fingerprint density at radius 2 is 1.73 bits per heavy atom. The van der Waals surface area contributed by atoms with Crippen LogP contribution in [0.15, 0.2) is 60.7 Å². The van der Waals surface area contributed by atoms with Crippen LogP contribution in [0.1, 0.15) is 83.7 Å². The van der Waals surface area contributed by atoms with E-state index in [4.69, 9.17) is 14.6 Å². The van der Waals surface area contributed by atoms with Gasteiger partial charge in [-0.1, -0.05) is 43.5 Å². The van der Waals surface area contributed by atoms with Crippen molar-refractivity contribution in [2.24, 2.45) is 0 Å². The number of Topliss-reactive ketones (excluding diaryl/α,β-unsaturated/α-hetero) is 1. The van der Waals surface area contributed by atoms with E-state index in [1.165, 1.54) is 37.0 Å². The van der Waals surface area contributed by atoms with Crippen molar-refractivity contribution >= 4 is 28.6 Å². The summed E-state index contributed by atoms with van der Waals surface area (Å²) in [4.78, 5) is 38.0. The Balaban J connectivity index is 1.34. The van der Waals surface area contributed by atoms with Gasteiger partial charge in [-0.3, -0.25) is 9.59 Å². The van der Waals surface area contributed by atoms with E-state index in [1.807, 2.05) is 24.3 Å². The van der Waals surface area contributed by atoms with Gasteiger partial charge in [0.2, 0.25) is 0 Å². The Hall–Kier alpha value is -4.59. The summed E-state index contributed by atoms with van der Waals surface area (Å²) in [7, 11) is 1.66. The first kappa shape index (κ1) is 29.5. The number of hydrogen-bond donors (Lipinski definition) is 2. The van der Waals surface area contributed by atoms with Gasteiger partial charge >= 0.3 is 5.97 Å². The van der Waals surface area contributed by atoms with Crippen LogP contribution >= 0.6 is 0 Å². The molecule has 228 valence electrons. The van der Waals surface area contributed by atoms with Crippen molar-refractivity contribution in [3.63, 3.8) is 0 Å². The molecule has 1 aliphatic carbocycles. The zero-order valence-electron chi connectivity index (χ0n) is 25.4. The van der Waals surface area contributed by atoms with Crippen LogP contribution in [0.5, 0.6) is 11.5 Å². The van der Waals surface area contributed by atoms with E-state index in [2.05, 4.69) is 22.0 Å². The number of carbonyl (C=O) groups is 3. The average Bonchev–Trinajstić information content (AvgIpc) is 3.21. The quantitative estimate of drug-likeness (QED) is 0.233. The highest BCUT2D eigenvalue weighted by molar-refractivity contribution is 6.04. The molecule has 1 aromatic heterocycles. The summed E-state index contributed by atoms with van der Waals surface area (Å²) >= 11 is 0. The first-order chi connectivity index (χ1) is 21.2. The summed E-state index contributed by atoms with van der Waals surface area (Å²) in [5.41, 5.74) is 4.64. The minimum atomic E-state index is -1.13. The highest BCUT2D eigenvalue weighted by Gasteiger charge is 2.32. The smallest absolute Gasteiger partial charge is 0.335 e. The lowest BCUT2D eigenvalue weighted by Gasteiger charge is -2.25. The van der Waals surface area contributed by atoms with Crippen LogP contribution in [0.25, 0.3) is 22.2 Å². The summed E-state index contributed by atoms with van der Waals surface area (Å²) in [6.45, 7) is 4.50. The van der Waals surface area contributed by atoms with E-state index in [9.17, 15) is 14.4 Å². The van der Waals surface area contributed by atoms with Crippen molar-refractivity contribution < 1.29 is 29.0 Å². The number of carbonyl (C=O) groups excluding carboxylic acids is 2. The number of fused-ring (bicyclic) bond motifs is 5. The largest absolute Gasteiger partial charge is 0.493 e. The van der Waals surface area contributed by atoms with Gasteiger partial charge in [-0.25, -0.2) is 4.79 Å². The fourth-order valence-corrected chi connectivity index (χ4v) is 6.69. The number of carboxylic acid groups (broad SMARTS) is 1. The van der Waals surface area contributed by atoms with Crippen LogP contribution < -0.4 is 14.8 Å². The first-order valence-electron chi connectivity index (χ1n) is 15.3. The molecule has 0 bridgehead atoms. The Morgan fingerprint density at radius 3 is 2.43 bits per heavy atom. The van der Waals surface area contributed by atoms with E-state index in [0.29, 0.717) is 35.9 Å². The van der Waals surface area contributed by atoms with Crippen LogP contribution in [0, 0.1) is 0 Å². The van der Waals surface area contributed by atoms with Crippen molar-refractivity contribution in [1.29, 1.82) is 0 Å². The monoisotopic (exact) mass is 594 g/mol.